The Balaban J connectivity index is 1.18. The molecule has 0 atom stereocenters. The lowest BCUT2D eigenvalue weighted by molar-refractivity contribution is 0.0909. The topological polar surface area (TPSA) is 92.8 Å². The number of hydrogen-bond donors (Lipinski definition) is 2. The molecule has 0 unspecified atom stereocenters. The van der Waals surface area contributed by atoms with Crippen LogP contribution in [0.3, 0.4) is 0 Å². The van der Waals surface area contributed by atoms with Crippen molar-refractivity contribution in [2.75, 3.05) is 25.2 Å². The Morgan fingerprint density at radius 3 is 2.63 bits per heavy atom. The number of hydrogen-bond acceptors (Lipinski definition) is 6. The van der Waals surface area contributed by atoms with Gasteiger partial charge in [0.15, 0.2) is 11.5 Å². The molecular formula is C26H25ClN4O4. The fourth-order valence-electron chi connectivity index (χ4n) is 4.29. The highest BCUT2D eigenvalue weighted by Gasteiger charge is 2.24. The van der Waals surface area contributed by atoms with Crippen LogP contribution in [0.5, 0.6) is 11.5 Å². The Morgan fingerprint density at radius 1 is 1.00 bits per heavy atom. The van der Waals surface area contributed by atoms with E-state index in [2.05, 4.69) is 26.6 Å². The maximum atomic E-state index is 13.1. The second-order valence-corrected chi connectivity index (χ2v) is 9.01. The molecule has 0 spiro atoms. The first-order valence-electron chi connectivity index (χ1n) is 11.5. The molecule has 2 aliphatic rings. The minimum absolute atomic E-state index is 0.0360. The predicted octanol–water partition coefficient (Wildman–Crippen LogP) is 4.11. The van der Waals surface area contributed by atoms with E-state index in [4.69, 9.17) is 21.1 Å². The Hall–Kier alpha value is -3.62. The number of benzene rings is 2. The van der Waals surface area contributed by atoms with Gasteiger partial charge in [0.05, 0.1) is 11.3 Å². The smallest absolute Gasteiger partial charge is 0.274 e. The molecule has 2 aliphatic heterocycles. The summed E-state index contributed by atoms with van der Waals surface area (Å²) in [5.41, 5.74) is 2.15. The standard InChI is InChI=1S/C26H25ClN4O4/c27-18-5-6-21(30-26(33)22-3-1-2-10-28-22)20(14-18)25(32)29-19-8-11-31(12-9-19)15-17-4-7-23-24(13-17)35-16-34-23/h1-7,10,13-14,19H,8-9,11-12,15-16H2,(H,29,32)(H,30,33). The number of rotatable bonds is 6. The number of carbonyl (C=O) groups is 2. The van der Waals surface area contributed by atoms with Crippen LogP contribution in [0.4, 0.5) is 5.69 Å². The zero-order valence-corrected chi connectivity index (χ0v) is 19.8. The molecule has 8 nitrogen and oxygen atoms in total. The number of anilines is 1. The van der Waals surface area contributed by atoms with Crippen molar-refractivity contribution in [1.29, 1.82) is 0 Å². The highest BCUT2D eigenvalue weighted by Crippen LogP contribution is 2.33. The number of aromatic nitrogens is 1. The number of halogens is 1. The van der Waals surface area contributed by atoms with Gasteiger partial charge >= 0.3 is 0 Å². The Labute approximate surface area is 208 Å². The maximum absolute atomic E-state index is 13.1. The van der Waals surface area contributed by atoms with Crippen molar-refractivity contribution >= 4 is 29.1 Å². The Morgan fingerprint density at radius 2 is 1.83 bits per heavy atom. The molecule has 0 radical (unpaired) electrons. The highest BCUT2D eigenvalue weighted by atomic mass is 35.5. The van der Waals surface area contributed by atoms with Crippen LogP contribution in [0.15, 0.2) is 60.8 Å². The summed E-state index contributed by atoms with van der Waals surface area (Å²) in [5.74, 6) is 0.917. The molecule has 9 heteroatoms. The number of nitrogens with one attached hydrogen (secondary N) is 2. The minimum atomic E-state index is -0.390. The summed E-state index contributed by atoms with van der Waals surface area (Å²) in [4.78, 5) is 32.1. The number of piperidine rings is 1. The van der Waals surface area contributed by atoms with Crippen LogP contribution in [0.2, 0.25) is 5.02 Å². The summed E-state index contributed by atoms with van der Waals surface area (Å²) < 4.78 is 10.9. The lowest BCUT2D eigenvalue weighted by atomic mass is 10.0. The normalized spacial score (nSPS) is 15.6. The summed E-state index contributed by atoms with van der Waals surface area (Å²) in [7, 11) is 0. The van der Waals surface area contributed by atoms with Gasteiger partial charge in [-0.1, -0.05) is 23.7 Å². The molecule has 3 heterocycles. The molecule has 0 bridgehead atoms. The first kappa shape index (κ1) is 23.1. The molecule has 180 valence electrons. The van der Waals surface area contributed by atoms with Crippen molar-refractivity contribution in [3.63, 3.8) is 0 Å². The maximum Gasteiger partial charge on any atom is 0.274 e. The lowest BCUT2D eigenvalue weighted by Crippen LogP contribution is -2.44. The largest absolute Gasteiger partial charge is 0.454 e. The molecule has 2 N–H and O–H groups in total. The summed E-state index contributed by atoms with van der Waals surface area (Å²) >= 11 is 6.16. The van der Waals surface area contributed by atoms with Gasteiger partial charge in [-0.25, -0.2) is 0 Å². The zero-order chi connectivity index (χ0) is 24.2. The fourth-order valence-corrected chi connectivity index (χ4v) is 4.46. The average molecular weight is 493 g/mol. The summed E-state index contributed by atoms with van der Waals surface area (Å²) in [6.45, 7) is 2.80. The van der Waals surface area contributed by atoms with E-state index in [1.54, 1.807) is 42.6 Å². The number of nitrogens with zero attached hydrogens (tertiary/aromatic N) is 2. The van der Waals surface area contributed by atoms with Crippen LogP contribution in [0, 0.1) is 0 Å². The van der Waals surface area contributed by atoms with Gasteiger partial charge in [-0.15, -0.1) is 0 Å². The predicted molar refractivity (Wildman–Crippen MR) is 132 cm³/mol. The van der Waals surface area contributed by atoms with E-state index in [0.29, 0.717) is 16.3 Å². The van der Waals surface area contributed by atoms with E-state index in [-0.39, 0.29) is 24.4 Å². The lowest BCUT2D eigenvalue weighted by Gasteiger charge is -2.32. The molecule has 1 aromatic heterocycles. The van der Waals surface area contributed by atoms with Gasteiger partial charge in [0.25, 0.3) is 11.8 Å². The monoisotopic (exact) mass is 492 g/mol. The van der Waals surface area contributed by atoms with E-state index in [1.807, 2.05) is 12.1 Å². The first-order valence-corrected chi connectivity index (χ1v) is 11.9. The molecule has 5 rings (SSSR count). The fraction of sp³-hybridized carbons (Fsp3) is 0.269. The first-order chi connectivity index (χ1) is 17.0. The van der Waals surface area contributed by atoms with E-state index < -0.39 is 5.91 Å². The van der Waals surface area contributed by atoms with E-state index in [1.165, 1.54) is 5.56 Å². The van der Waals surface area contributed by atoms with Gasteiger partial charge in [-0.05, 0) is 60.9 Å². The second-order valence-electron chi connectivity index (χ2n) is 8.57. The van der Waals surface area contributed by atoms with E-state index in [0.717, 1.165) is 44.0 Å². The quantitative estimate of drug-likeness (QED) is 0.538. The van der Waals surface area contributed by atoms with Crippen LogP contribution >= 0.6 is 11.6 Å². The molecule has 35 heavy (non-hydrogen) atoms. The summed E-state index contributed by atoms with van der Waals surface area (Å²) in [6.07, 6.45) is 3.20. The van der Waals surface area contributed by atoms with Gasteiger partial charge in [-0.3, -0.25) is 19.5 Å². The minimum Gasteiger partial charge on any atom is -0.454 e. The van der Waals surface area contributed by atoms with Crippen molar-refractivity contribution in [3.8, 4) is 11.5 Å². The van der Waals surface area contributed by atoms with Crippen LogP contribution in [-0.4, -0.2) is 47.6 Å². The van der Waals surface area contributed by atoms with Crippen LogP contribution in [0.1, 0.15) is 39.3 Å². The number of likely N-dealkylation sites (tertiary alicyclic amines) is 1. The summed E-state index contributed by atoms with van der Waals surface area (Å²) in [6, 6.07) is 16.0. The van der Waals surface area contributed by atoms with Crippen molar-refractivity contribution in [3.05, 3.63) is 82.6 Å². The third-order valence-corrected chi connectivity index (χ3v) is 6.37. The van der Waals surface area contributed by atoms with Crippen molar-refractivity contribution in [2.24, 2.45) is 0 Å². The average Bonchev–Trinajstić information content (AvgIpc) is 3.35. The molecule has 3 aromatic rings. The molecular weight excluding hydrogens is 468 g/mol. The molecule has 2 aromatic carbocycles. The Bertz CT molecular complexity index is 1230. The van der Waals surface area contributed by atoms with E-state index >= 15 is 0 Å². The molecule has 2 amide bonds. The van der Waals surface area contributed by atoms with Gasteiger partial charge in [0, 0.05) is 36.9 Å². The van der Waals surface area contributed by atoms with E-state index in [9.17, 15) is 9.59 Å². The Kier molecular flexibility index (Phi) is 6.83. The zero-order valence-electron chi connectivity index (χ0n) is 19.0. The number of ether oxygens (including phenoxy) is 2. The van der Waals surface area contributed by atoms with Crippen molar-refractivity contribution in [1.82, 2.24) is 15.2 Å². The van der Waals surface area contributed by atoms with Crippen LogP contribution < -0.4 is 20.1 Å². The third kappa shape index (κ3) is 5.55. The number of carbonyl (C=O) groups excluding carboxylic acids is 2. The molecule has 1 fully saturated rings. The molecule has 0 aliphatic carbocycles. The van der Waals surface area contributed by atoms with Gasteiger partial charge in [0.2, 0.25) is 6.79 Å². The third-order valence-electron chi connectivity index (χ3n) is 6.14. The van der Waals surface area contributed by atoms with Gasteiger partial charge < -0.3 is 20.1 Å². The number of amides is 2. The van der Waals surface area contributed by atoms with Crippen LogP contribution in [0.25, 0.3) is 0 Å². The number of pyridine rings is 1. The van der Waals surface area contributed by atoms with Gasteiger partial charge in [-0.2, -0.15) is 0 Å². The van der Waals surface area contributed by atoms with Crippen LogP contribution in [-0.2, 0) is 6.54 Å². The highest BCUT2D eigenvalue weighted by molar-refractivity contribution is 6.31. The van der Waals surface area contributed by atoms with Crippen molar-refractivity contribution in [2.45, 2.75) is 25.4 Å². The second kappa shape index (κ2) is 10.3. The SMILES string of the molecule is O=C(Nc1ccc(Cl)cc1C(=O)NC1CCN(Cc2ccc3c(c2)OCO3)CC1)c1ccccn1. The van der Waals surface area contributed by atoms with Crippen molar-refractivity contribution < 1.29 is 19.1 Å². The summed E-state index contributed by atoms with van der Waals surface area (Å²) in [5, 5.41) is 6.30. The van der Waals surface area contributed by atoms with Gasteiger partial charge in [0.1, 0.15) is 5.69 Å². The molecule has 0 saturated carbocycles. The molecule has 1 saturated heterocycles. The number of fused-ring (bicyclic) bond motifs is 1.